The number of ether oxygens (including phenoxy) is 1. The number of nitrogens with one attached hydrogen (secondary N) is 1. The zero-order chi connectivity index (χ0) is 12.3. The minimum atomic E-state index is 0.399. The molecule has 1 aromatic rings. The SMILES string of the molecule is COCC(N[C@H](C)c1ccc(C)cc1)C1CC1. The highest BCUT2D eigenvalue weighted by molar-refractivity contribution is 5.23. The minimum Gasteiger partial charge on any atom is -0.383 e. The fraction of sp³-hybridized carbons (Fsp3) is 0.600. The number of hydrogen-bond acceptors (Lipinski definition) is 2. The molecule has 0 aromatic heterocycles. The Labute approximate surface area is 104 Å². The second kappa shape index (κ2) is 5.65. The Balaban J connectivity index is 1.94. The van der Waals surface area contributed by atoms with E-state index in [0.717, 1.165) is 12.5 Å². The molecule has 2 atom stereocenters. The third-order valence-corrected chi connectivity index (χ3v) is 3.58. The van der Waals surface area contributed by atoms with E-state index in [9.17, 15) is 0 Å². The van der Waals surface area contributed by atoms with Crippen LogP contribution in [0.15, 0.2) is 24.3 Å². The molecule has 1 saturated carbocycles. The van der Waals surface area contributed by atoms with Crippen LogP contribution in [0.4, 0.5) is 0 Å². The largest absolute Gasteiger partial charge is 0.383 e. The molecular formula is C15H23NO. The van der Waals surface area contributed by atoms with E-state index in [2.05, 4.69) is 43.4 Å². The van der Waals surface area contributed by atoms with E-state index >= 15 is 0 Å². The van der Waals surface area contributed by atoms with E-state index in [1.54, 1.807) is 7.11 Å². The van der Waals surface area contributed by atoms with Gasteiger partial charge in [-0.3, -0.25) is 0 Å². The lowest BCUT2D eigenvalue weighted by Crippen LogP contribution is -2.36. The van der Waals surface area contributed by atoms with Crippen molar-refractivity contribution >= 4 is 0 Å². The smallest absolute Gasteiger partial charge is 0.0618 e. The van der Waals surface area contributed by atoms with E-state index in [4.69, 9.17) is 4.74 Å². The van der Waals surface area contributed by atoms with E-state index in [0.29, 0.717) is 12.1 Å². The Morgan fingerprint density at radius 2 is 1.94 bits per heavy atom. The fourth-order valence-corrected chi connectivity index (χ4v) is 2.27. The molecule has 2 heteroatoms. The number of hydrogen-bond donors (Lipinski definition) is 1. The quantitative estimate of drug-likeness (QED) is 0.815. The summed E-state index contributed by atoms with van der Waals surface area (Å²) >= 11 is 0. The average molecular weight is 233 g/mol. The van der Waals surface area contributed by atoms with Gasteiger partial charge < -0.3 is 10.1 Å². The predicted octanol–water partition coefficient (Wildman–Crippen LogP) is 3.07. The van der Waals surface area contributed by atoms with Gasteiger partial charge in [-0.2, -0.15) is 0 Å². The maximum Gasteiger partial charge on any atom is 0.0618 e. The van der Waals surface area contributed by atoms with Gasteiger partial charge in [-0.05, 0) is 38.2 Å². The minimum absolute atomic E-state index is 0.399. The van der Waals surface area contributed by atoms with Gasteiger partial charge in [0.1, 0.15) is 0 Å². The van der Waals surface area contributed by atoms with Gasteiger partial charge in [0.15, 0.2) is 0 Å². The molecule has 1 aromatic carbocycles. The molecule has 94 valence electrons. The second-order valence-electron chi connectivity index (χ2n) is 5.20. The Morgan fingerprint density at radius 3 is 2.47 bits per heavy atom. The number of benzene rings is 1. The predicted molar refractivity (Wildman–Crippen MR) is 71.1 cm³/mol. The molecule has 1 fully saturated rings. The summed E-state index contributed by atoms with van der Waals surface area (Å²) in [7, 11) is 1.79. The van der Waals surface area contributed by atoms with Crippen LogP contribution in [0, 0.1) is 12.8 Å². The Bertz CT molecular complexity index is 342. The summed E-state index contributed by atoms with van der Waals surface area (Å²) < 4.78 is 5.30. The molecule has 0 radical (unpaired) electrons. The van der Waals surface area contributed by atoms with E-state index in [-0.39, 0.29) is 0 Å². The first-order valence-corrected chi connectivity index (χ1v) is 6.52. The van der Waals surface area contributed by atoms with E-state index < -0.39 is 0 Å². The van der Waals surface area contributed by atoms with Gasteiger partial charge in [0.25, 0.3) is 0 Å². The van der Waals surface area contributed by atoms with Gasteiger partial charge >= 0.3 is 0 Å². The van der Waals surface area contributed by atoms with Crippen molar-refractivity contribution in [2.45, 2.75) is 38.8 Å². The lowest BCUT2D eigenvalue weighted by Gasteiger charge is -2.23. The number of methoxy groups -OCH3 is 1. The molecule has 1 aliphatic rings. The van der Waals surface area contributed by atoms with Crippen molar-refractivity contribution in [1.29, 1.82) is 0 Å². The molecule has 2 rings (SSSR count). The van der Waals surface area contributed by atoms with Crippen LogP contribution >= 0.6 is 0 Å². The molecule has 0 aliphatic heterocycles. The molecule has 0 bridgehead atoms. The normalized spacial score (nSPS) is 19.0. The van der Waals surface area contributed by atoms with Crippen molar-refractivity contribution in [2.75, 3.05) is 13.7 Å². The third-order valence-electron chi connectivity index (χ3n) is 3.58. The highest BCUT2D eigenvalue weighted by atomic mass is 16.5. The van der Waals surface area contributed by atoms with Crippen molar-refractivity contribution in [3.05, 3.63) is 35.4 Å². The molecule has 0 heterocycles. The van der Waals surface area contributed by atoms with Gasteiger partial charge in [0.2, 0.25) is 0 Å². The maximum absolute atomic E-state index is 5.30. The summed E-state index contributed by atoms with van der Waals surface area (Å²) in [5.74, 6) is 0.822. The molecular weight excluding hydrogens is 210 g/mol. The maximum atomic E-state index is 5.30. The molecule has 1 aliphatic carbocycles. The number of aryl methyl sites for hydroxylation is 1. The van der Waals surface area contributed by atoms with Crippen molar-refractivity contribution in [3.8, 4) is 0 Å². The van der Waals surface area contributed by atoms with Crippen molar-refractivity contribution in [2.24, 2.45) is 5.92 Å². The first-order valence-electron chi connectivity index (χ1n) is 6.52. The topological polar surface area (TPSA) is 21.3 Å². The standard InChI is InChI=1S/C15H23NO/c1-11-4-6-13(7-5-11)12(2)16-15(10-17-3)14-8-9-14/h4-7,12,14-16H,8-10H2,1-3H3/t12-,15?/m1/s1. The monoisotopic (exact) mass is 233 g/mol. The first-order chi connectivity index (χ1) is 8.20. The summed E-state index contributed by atoms with van der Waals surface area (Å²) in [6.07, 6.45) is 2.70. The molecule has 0 spiro atoms. The highest BCUT2D eigenvalue weighted by Crippen LogP contribution is 2.33. The number of rotatable bonds is 6. The molecule has 0 amide bonds. The molecule has 2 nitrogen and oxygen atoms in total. The van der Waals surface area contributed by atoms with E-state index in [1.165, 1.54) is 24.0 Å². The second-order valence-corrected chi connectivity index (χ2v) is 5.20. The van der Waals surface area contributed by atoms with Gasteiger partial charge in [-0.1, -0.05) is 29.8 Å². The van der Waals surface area contributed by atoms with Crippen molar-refractivity contribution in [3.63, 3.8) is 0 Å². The Kier molecular flexibility index (Phi) is 4.19. The summed E-state index contributed by atoms with van der Waals surface area (Å²) in [5, 5.41) is 3.69. The van der Waals surface area contributed by atoms with Gasteiger partial charge in [0.05, 0.1) is 6.61 Å². The summed E-state index contributed by atoms with van der Waals surface area (Å²) in [6.45, 7) is 5.18. The zero-order valence-electron chi connectivity index (χ0n) is 11.1. The molecule has 1 N–H and O–H groups in total. The summed E-state index contributed by atoms with van der Waals surface area (Å²) in [6, 6.07) is 9.69. The lowest BCUT2D eigenvalue weighted by molar-refractivity contribution is 0.152. The Morgan fingerprint density at radius 1 is 1.29 bits per heavy atom. The van der Waals surface area contributed by atoms with Crippen LogP contribution in [-0.2, 0) is 4.74 Å². The van der Waals surface area contributed by atoms with E-state index in [1.807, 2.05) is 0 Å². The lowest BCUT2D eigenvalue weighted by atomic mass is 10.0. The van der Waals surface area contributed by atoms with Gasteiger partial charge in [0, 0.05) is 19.2 Å². The average Bonchev–Trinajstić information content (AvgIpc) is 3.13. The third kappa shape index (κ3) is 3.55. The van der Waals surface area contributed by atoms with Gasteiger partial charge in [-0.15, -0.1) is 0 Å². The highest BCUT2D eigenvalue weighted by Gasteiger charge is 2.31. The molecule has 1 unspecified atom stereocenters. The van der Waals surface area contributed by atoms with Crippen molar-refractivity contribution in [1.82, 2.24) is 5.32 Å². The molecule has 0 saturated heterocycles. The fourth-order valence-electron chi connectivity index (χ4n) is 2.27. The Hall–Kier alpha value is -0.860. The van der Waals surface area contributed by atoms with Gasteiger partial charge in [-0.25, -0.2) is 0 Å². The van der Waals surface area contributed by atoms with Crippen LogP contribution in [0.5, 0.6) is 0 Å². The van der Waals surface area contributed by atoms with Crippen LogP contribution in [0.25, 0.3) is 0 Å². The van der Waals surface area contributed by atoms with Crippen LogP contribution in [-0.4, -0.2) is 19.8 Å². The van der Waals surface area contributed by atoms with Crippen LogP contribution in [0.1, 0.15) is 36.9 Å². The van der Waals surface area contributed by atoms with Crippen molar-refractivity contribution < 1.29 is 4.74 Å². The summed E-state index contributed by atoms with van der Waals surface area (Å²) in [4.78, 5) is 0. The van der Waals surface area contributed by atoms with Crippen LogP contribution in [0.3, 0.4) is 0 Å². The summed E-state index contributed by atoms with van der Waals surface area (Å²) in [5.41, 5.74) is 2.67. The first kappa shape index (κ1) is 12.6. The van der Waals surface area contributed by atoms with Crippen LogP contribution < -0.4 is 5.32 Å². The zero-order valence-corrected chi connectivity index (χ0v) is 11.1. The van der Waals surface area contributed by atoms with Crippen LogP contribution in [0.2, 0.25) is 0 Å². The molecule has 17 heavy (non-hydrogen) atoms.